The Morgan fingerprint density at radius 1 is 1.50 bits per heavy atom. The number of rotatable bonds is 3. The van der Waals surface area contributed by atoms with E-state index in [0.29, 0.717) is 29.2 Å². The summed E-state index contributed by atoms with van der Waals surface area (Å²) in [5.41, 5.74) is 0.696. The molecule has 98 valence electrons. The molecule has 0 radical (unpaired) electrons. The third-order valence-corrected chi connectivity index (χ3v) is 4.68. The van der Waals surface area contributed by atoms with E-state index < -0.39 is 5.97 Å². The first kappa shape index (κ1) is 11.9. The molecule has 6 heteroatoms. The summed E-state index contributed by atoms with van der Waals surface area (Å²) in [5, 5.41) is 9.99. The minimum Gasteiger partial charge on any atom is -0.477 e. The predicted octanol–water partition coefficient (Wildman–Crippen LogP) is 1.77. The number of thiazole rings is 1. The van der Waals surface area contributed by atoms with Crippen LogP contribution in [0.5, 0.6) is 0 Å². The zero-order valence-electron chi connectivity index (χ0n) is 10.3. The molecule has 2 bridgehead atoms. The molecular formula is C12H16N2O3S. The fourth-order valence-electron chi connectivity index (χ4n) is 2.65. The molecule has 0 amide bonds. The standard InChI is InChI=1S/C12H16N2O3S/c1-2-9-10(11(15)16)18-12(13-9)14-5-7-3-4-8(6-14)17-7/h7-8H,2-6H2,1H3,(H,15,16). The van der Waals surface area contributed by atoms with Gasteiger partial charge in [-0.25, -0.2) is 9.78 Å². The lowest BCUT2D eigenvalue weighted by Crippen LogP contribution is -2.42. The molecule has 2 aliphatic rings. The van der Waals surface area contributed by atoms with Crippen LogP contribution in [0.1, 0.15) is 35.1 Å². The van der Waals surface area contributed by atoms with Crippen LogP contribution in [-0.2, 0) is 11.2 Å². The molecule has 0 aliphatic carbocycles. The Hall–Kier alpha value is -1.14. The molecule has 1 aromatic heterocycles. The van der Waals surface area contributed by atoms with Gasteiger partial charge in [0.05, 0.1) is 17.9 Å². The molecule has 18 heavy (non-hydrogen) atoms. The van der Waals surface area contributed by atoms with Gasteiger partial charge in [-0.1, -0.05) is 18.3 Å². The van der Waals surface area contributed by atoms with E-state index in [9.17, 15) is 4.79 Å². The number of ether oxygens (including phenoxy) is 1. The van der Waals surface area contributed by atoms with Gasteiger partial charge >= 0.3 is 5.97 Å². The molecule has 2 saturated heterocycles. The summed E-state index contributed by atoms with van der Waals surface area (Å²) >= 11 is 1.29. The van der Waals surface area contributed by atoms with Gasteiger partial charge in [0.15, 0.2) is 5.13 Å². The molecule has 2 unspecified atom stereocenters. The Labute approximate surface area is 109 Å². The van der Waals surface area contributed by atoms with Gasteiger partial charge in [-0.15, -0.1) is 0 Å². The smallest absolute Gasteiger partial charge is 0.347 e. The molecule has 1 aromatic rings. The summed E-state index contributed by atoms with van der Waals surface area (Å²) < 4.78 is 5.78. The van der Waals surface area contributed by atoms with Gasteiger partial charge < -0.3 is 14.7 Å². The minimum absolute atomic E-state index is 0.297. The topological polar surface area (TPSA) is 62.7 Å². The average Bonchev–Trinajstić information content (AvgIpc) is 2.93. The molecule has 5 nitrogen and oxygen atoms in total. The molecule has 1 N–H and O–H groups in total. The fourth-order valence-corrected chi connectivity index (χ4v) is 3.66. The molecular weight excluding hydrogens is 252 g/mol. The van der Waals surface area contributed by atoms with E-state index in [1.54, 1.807) is 0 Å². The van der Waals surface area contributed by atoms with E-state index in [-0.39, 0.29) is 0 Å². The molecule has 3 heterocycles. The number of aromatic nitrogens is 1. The second-order valence-corrected chi connectivity index (χ2v) is 5.77. The number of hydrogen-bond donors (Lipinski definition) is 1. The minimum atomic E-state index is -0.869. The van der Waals surface area contributed by atoms with Crippen molar-refractivity contribution in [1.82, 2.24) is 4.98 Å². The number of aryl methyl sites for hydroxylation is 1. The van der Waals surface area contributed by atoms with Crippen molar-refractivity contribution < 1.29 is 14.6 Å². The highest BCUT2D eigenvalue weighted by molar-refractivity contribution is 7.17. The van der Waals surface area contributed by atoms with Gasteiger partial charge in [-0.2, -0.15) is 0 Å². The first-order valence-electron chi connectivity index (χ1n) is 6.30. The van der Waals surface area contributed by atoms with Crippen LogP contribution in [0.25, 0.3) is 0 Å². The normalized spacial score (nSPS) is 26.6. The maximum absolute atomic E-state index is 11.1. The molecule has 0 aromatic carbocycles. The van der Waals surface area contributed by atoms with Gasteiger partial charge in [0.2, 0.25) is 0 Å². The molecule has 0 spiro atoms. The van der Waals surface area contributed by atoms with Crippen molar-refractivity contribution in [3.63, 3.8) is 0 Å². The van der Waals surface area contributed by atoms with Gasteiger partial charge in [0.25, 0.3) is 0 Å². The van der Waals surface area contributed by atoms with Crippen LogP contribution in [-0.4, -0.2) is 41.4 Å². The number of aromatic carboxylic acids is 1. The number of anilines is 1. The molecule has 3 rings (SSSR count). The van der Waals surface area contributed by atoms with E-state index in [1.807, 2.05) is 6.92 Å². The van der Waals surface area contributed by atoms with Crippen LogP contribution in [0.2, 0.25) is 0 Å². The summed E-state index contributed by atoms with van der Waals surface area (Å²) in [7, 11) is 0. The lowest BCUT2D eigenvalue weighted by atomic mass is 10.2. The predicted molar refractivity (Wildman–Crippen MR) is 68.6 cm³/mol. The van der Waals surface area contributed by atoms with Crippen LogP contribution in [0, 0.1) is 0 Å². The van der Waals surface area contributed by atoms with E-state index >= 15 is 0 Å². The summed E-state index contributed by atoms with van der Waals surface area (Å²) in [6.45, 7) is 3.62. The lowest BCUT2D eigenvalue weighted by molar-refractivity contribution is 0.0304. The highest BCUT2D eigenvalue weighted by Crippen LogP contribution is 2.33. The van der Waals surface area contributed by atoms with Crippen molar-refractivity contribution in [3.8, 4) is 0 Å². The summed E-state index contributed by atoms with van der Waals surface area (Å²) in [5.74, 6) is -0.869. The third kappa shape index (κ3) is 1.99. The highest BCUT2D eigenvalue weighted by Gasteiger charge is 2.35. The average molecular weight is 268 g/mol. The monoisotopic (exact) mass is 268 g/mol. The number of fused-ring (bicyclic) bond motifs is 2. The second-order valence-electron chi connectivity index (χ2n) is 4.79. The molecule has 2 aliphatic heterocycles. The van der Waals surface area contributed by atoms with E-state index in [0.717, 1.165) is 31.1 Å². The Balaban J connectivity index is 1.86. The van der Waals surface area contributed by atoms with Crippen LogP contribution in [0.3, 0.4) is 0 Å². The first-order valence-corrected chi connectivity index (χ1v) is 7.12. The van der Waals surface area contributed by atoms with Crippen molar-refractivity contribution in [2.24, 2.45) is 0 Å². The van der Waals surface area contributed by atoms with Gasteiger partial charge in [-0.3, -0.25) is 0 Å². The quantitative estimate of drug-likeness (QED) is 0.905. The van der Waals surface area contributed by atoms with Crippen molar-refractivity contribution in [2.45, 2.75) is 38.4 Å². The number of morpholine rings is 1. The maximum atomic E-state index is 11.1. The number of carboxylic acids is 1. The maximum Gasteiger partial charge on any atom is 0.347 e. The van der Waals surface area contributed by atoms with E-state index in [2.05, 4.69) is 9.88 Å². The van der Waals surface area contributed by atoms with Gasteiger partial charge in [0, 0.05) is 13.1 Å². The van der Waals surface area contributed by atoms with Crippen LogP contribution in [0.15, 0.2) is 0 Å². The summed E-state index contributed by atoms with van der Waals surface area (Å²) in [4.78, 5) is 18.2. The number of hydrogen-bond acceptors (Lipinski definition) is 5. The Kier molecular flexibility index (Phi) is 2.99. The lowest BCUT2D eigenvalue weighted by Gasteiger charge is -2.31. The van der Waals surface area contributed by atoms with Crippen molar-refractivity contribution >= 4 is 22.4 Å². The molecule has 0 saturated carbocycles. The van der Waals surface area contributed by atoms with Crippen LogP contribution >= 0.6 is 11.3 Å². The van der Waals surface area contributed by atoms with Crippen LogP contribution in [0.4, 0.5) is 5.13 Å². The Morgan fingerprint density at radius 3 is 2.67 bits per heavy atom. The van der Waals surface area contributed by atoms with Crippen molar-refractivity contribution in [3.05, 3.63) is 10.6 Å². The SMILES string of the molecule is CCc1nc(N2CC3CCC(C2)O3)sc1C(=O)O. The third-order valence-electron chi connectivity index (χ3n) is 3.53. The largest absolute Gasteiger partial charge is 0.477 e. The zero-order chi connectivity index (χ0) is 12.7. The van der Waals surface area contributed by atoms with Gasteiger partial charge in [-0.05, 0) is 19.3 Å². The molecule has 2 atom stereocenters. The summed E-state index contributed by atoms with van der Waals surface area (Å²) in [6.07, 6.45) is 3.48. The van der Waals surface area contributed by atoms with Crippen molar-refractivity contribution in [2.75, 3.05) is 18.0 Å². The van der Waals surface area contributed by atoms with Crippen molar-refractivity contribution in [1.29, 1.82) is 0 Å². The zero-order valence-corrected chi connectivity index (χ0v) is 11.1. The fraction of sp³-hybridized carbons (Fsp3) is 0.667. The first-order chi connectivity index (χ1) is 8.67. The number of carboxylic acid groups (broad SMARTS) is 1. The second kappa shape index (κ2) is 4.51. The molecule has 2 fully saturated rings. The number of carbonyl (C=O) groups is 1. The number of nitrogens with zero attached hydrogens (tertiary/aromatic N) is 2. The van der Waals surface area contributed by atoms with E-state index in [4.69, 9.17) is 9.84 Å². The van der Waals surface area contributed by atoms with Gasteiger partial charge in [0.1, 0.15) is 4.88 Å². The summed E-state index contributed by atoms with van der Waals surface area (Å²) in [6, 6.07) is 0. The van der Waals surface area contributed by atoms with E-state index in [1.165, 1.54) is 11.3 Å². The Morgan fingerprint density at radius 2 is 2.17 bits per heavy atom. The highest BCUT2D eigenvalue weighted by atomic mass is 32.1. The van der Waals surface area contributed by atoms with Crippen LogP contribution < -0.4 is 4.90 Å². The Bertz CT molecular complexity index is 462.